The molecule has 1 fully saturated rings. The molecule has 1 aliphatic rings. The lowest BCUT2D eigenvalue weighted by atomic mass is 10.1. The van der Waals surface area contributed by atoms with Crippen molar-refractivity contribution in [3.63, 3.8) is 0 Å². The highest BCUT2D eigenvalue weighted by molar-refractivity contribution is 6.05. The van der Waals surface area contributed by atoms with E-state index in [2.05, 4.69) is 5.32 Å². The van der Waals surface area contributed by atoms with E-state index in [1.165, 1.54) is 11.0 Å². The Hall–Kier alpha value is -4.18. The Labute approximate surface area is 201 Å². The van der Waals surface area contributed by atoms with Crippen molar-refractivity contribution in [3.8, 4) is 0 Å². The van der Waals surface area contributed by atoms with Crippen LogP contribution in [0.5, 0.6) is 0 Å². The summed E-state index contributed by atoms with van der Waals surface area (Å²) in [6, 6.07) is 12.7. The van der Waals surface area contributed by atoms with Gasteiger partial charge in [0.15, 0.2) is 6.04 Å². The van der Waals surface area contributed by atoms with Gasteiger partial charge in [-0.2, -0.15) is 0 Å². The number of carbonyl (C=O) groups excluding carboxylic acids is 3. The Balaban J connectivity index is 0.00000408. The quantitative estimate of drug-likeness (QED) is 0.183. The first-order chi connectivity index (χ1) is 15.8. The third-order valence-electron chi connectivity index (χ3n) is 5.01. The normalized spacial score (nSPS) is 14.1. The maximum atomic E-state index is 12.7. The molecule has 2 aromatic rings. The second kappa shape index (κ2) is 11.6. The SMILES string of the molecule is Cl.N=C(N)c1ccc(C=CC(=O)NCCN2CC(=O)N(C(C(=O)O)c3ccccc3)C2=O)cc1. The Bertz CT molecular complexity index is 1100. The zero-order valence-corrected chi connectivity index (χ0v) is 18.8. The van der Waals surface area contributed by atoms with Crippen LogP contribution in [0.3, 0.4) is 0 Å². The third kappa shape index (κ3) is 6.20. The third-order valence-corrected chi connectivity index (χ3v) is 5.01. The molecule has 5 N–H and O–H groups in total. The van der Waals surface area contributed by atoms with Crippen LogP contribution < -0.4 is 11.1 Å². The van der Waals surface area contributed by atoms with Gasteiger partial charge < -0.3 is 21.1 Å². The number of hydrogen-bond donors (Lipinski definition) is 4. The average molecular weight is 486 g/mol. The lowest BCUT2D eigenvalue weighted by molar-refractivity contribution is -0.146. The summed E-state index contributed by atoms with van der Waals surface area (Å²) in [4.78, 5) is 50.9. The van der Waals surface area contributed by atoms with E-state index in [4.69, 9.17) is 11.1 Å². The zero-order chi connectivity index (χ0) is 24.0. The molecule has 0 aliphatic carbocycles. The number of carbonyl (C=O) groups is 4. The number of amidine groups is 1. The standard InChI is InChI=1S/C23H23N5O5.ClH/c24-21(25)17-9-6-15(7-10-17)8-11-18(29)26-12-13-27-14-19(30)28(23(27)33)20(22(31)32)16-4-2-1-3-5-16;/h1-11,20H,12-14H2,(H3,24,25)(H,26,29)(H,31,32);1H. The molecule has 11 heteroatoms. The van der Waals surface area contributed by atoms with Crippen molar-refractivity contribution in [2.24, 2.45) is 5.73 Å². The fourth-order valence-electron chi connectivity index (χ4n) is 3.35. The predicted molar refractivity (Wildman–Crippen MR) is 127 cm³/mol. The molecule has 3 rings (SSSR count). The van der Waals surface area contributed by atoms with Gasteiger partial charge in [-0.3, -0.25) is 15.0 Å². The molecule has 1 atom stereocenters. The van der Waals surface area contributed by atoms with E-state index in [9.17, 15) is 24.3 Å². The Kier molecular flexibility index (Phi) is 8.91. The van der Waals surface area contributed by atoms with Gasteiger partial charge in [-0.15, -0.1) is 12.4 Å². The number of aliphatic carboxylic acids is 1. The number of urea groups is 1. The van der Waals surface area contributed by atoms with Gasteiger partial charge in [0.2, 0.25) is 5.91 Å². The van der Waals surface area contributed by atoms with E-state index in [0.717, 1.165) is 10.5 Å². The van der Waals surface area contributed by atoms with Crippen molar-refractivity contribution < 1.29 is 24.3 Å². The number of nitrogens with zero attached hydrogens (tertiary/aromatic N) is 2. The lowest BCUT2D eigenvalue weighted by Crippen LogP contribution is -2.41. The summed E-state index contributed by atoms with van der Waals surface area (Å²) >= 11 is 0. The van der Waals surface area contributed by atoms with Gasteiger partial charge in [0.1, 0.15) is 12.4 Å². The van der Waals surface area contributed by atoms with E-state index in [1.54, 1.807) is 60.7 Å². The number of nitrogens with one attached hydrogen (secondary N) is 2. The highest BCUT2D eigenvalue weighted by atomic mass is 35.5. The van der Waals surface area contributed by atoms with Crippen molar-refractivity contribution in [1.29, 1.82) is 5.41 Å². The molecule has 0 radical (unpaired) electrons. The molecule has 0 spiro atoms. The van der Waals surface area contributed by atoms with Gasteiger partial charge in [0.05, 0.1) is 0 Å². The van der Waals surface area contributed by atoms with E-state index in [1.807, 2.05) is 0 Å². The fraction of sp³-hybridized carbons (Fsp3) is 0.174. The Morgan fingerprint density at radius 1 is 1.12 bits per heavy atom. The number of amides is 4. The second-order valence-corrected chi connectivity index (χ2v) is 7.28. The van der Waals surface area contributed by atoms with Crippen molar-refractivity contribution >= 4 is 48.1 Å². The van der Waals surface area contributed by atoms with Gasteiger partial charge >= 0.3 is 12.0 Å². The molecule has 1 heterocycles. The van der Waals surface area contributed by atoms with Crippen molar-refractivity contribution in [2.45, 2.75) is 6.04 Å². The van der Waals surface area contributed by atoms with Gasteiger partial charge in [0.25, 0.3) is 5.91 Å². The summed E-state index contributed by atoms with van der Waals surface area (Å²) in [5, 5.41) is 19.6. The van der Waals surface area contributed by atoms with Crippen LogP contribution in [0.4, 0.5) is 4.79 Å². The van der Waals surface area contributed by atoms with Crippen LogP contribution in [0.15, 0.2) is 60.7 Å². The molecule has 0 bridgehead atoms. The van der Waals surface area contributed by atoms with Crippen LogP contribution in [-0.2, 0) is 14.4 Å². The first-order valence-electron chi connectivity index (χ1n) is 10.1. The minimum atomic E-state index is -1.41. The van der Waals surface area contributed by atoms with E-state index >= 15 is 0 Å². The van der Waals surface area contributed by atoms with Crippen molar-refractivity contribution in [3.05, 3.63) is 77.4 Å². The van der Waals surface area contributed by atoms with Gasteiger partial charge in [-0.05, 0) is 17.2 Å². The maximum absolute atomic E-state index is 12.7. The molecule has 0 saturated carbocycles. The summed E-state index contributed by atoms with van der Waals surface area (Å²) in [6.07, 6.45) is 2.91. The number of nitrogen functional groups attached to an aromatic ring is 1. The van der Waals surface area contributed by atoms with Crippen molar-refractivity contribution in [2.75, 3.05) is 19.6 Å². The number of imide groups is 1. The molecule has 178 valence electrons. The Morgan fingerprint density at radius 3 is 2.35 bits per heavy atom. The van der Waals surface area contributed by atoms with Gasteiger partial charge in [-0.25, -0.2) is 14.5 Å². The highest BCUT2D eigenvalue weighted by Crippen LogP contribution is 2.26. The lowest BCUT2D eigenvalue weighted by Gasteiger charge is -2.23. The number of halogens is 1. The highest BCUT2D eigenvalue weighted by Gasteiger charge is 2.43. The molecule has 34 heavy (non-hydrogen) atoms. The summed E-state index contributed by atoms with van der Waals surface area (Å²) in [7, 11) is 0. The number of hydrogen-bond acceptors (Lipinski definition) is 5. The first-order valence-corrected chi connectivity index (χ1v) is 10.1. The number of carboxylic acid groups (broad SMARTS) is 1. The largest absolute Gasteiger partial charge is 0.479 e. The summed E-state index contributed by atoms with van der Waals surface area (Å²) in [5.74, 6) is -2.36. The molecule has 0 aromatic heterocycles. The van der Waals surface area contributed by atoms with Crippen LogP contribution >= 0.6 is 12.4 Å². The number of rotatable bonds is 9. The molecule has 1 aliphatic heterocycles. The molecule has 4 amide bonds. The predicted octanol–water partition coefficient (Wildman–Crippen LogP) is 1.61. The molecule has 2 aromatic carbocycles. The van der Waals surface area contributed by atoms with E-state index in [-0.39, 0.29) is 37.9 Å². The summed E-state index contributed by atoms with van der Waals surface area (Å²) < 4.78 is 0. The number of nitrogens with two attached hydrogens (primary N) is 1. The molecular formula is C23H24ClN5O5. The zero-order valence-electron chi connectivity index (χ0n) is 18.0. The molecule has 10 nitrogen and oxygen atoms in total. The second-order valence-electron chi connectivity index (χ2n) is 7.28. The van der Waals surface area contributed by atoms with E-state index in [0.29, 0.717) is 11.1 Å². The Morgan fingerprint density at radius 2 is 1.76 bits per heavy atom. The van der Waals surface area contributed by atoms with Crippen LogP contribution in [-0.4, -0.2) is 64.2 Å². The minimum absolute atomic E-state index is 0. The maximum Gasteiger partial charge on any atom is 0.331 e. The molecule has 1 saturated heterocycles. The van der Waals surface area contributed by atoms with Crippen LogP contribution in [0.1, 0.15) is 22.7 Å². The van der Waals surface area contributed by atoms with Crippen LogP contribution in [0.2, 0.25) is 0 Å². The topological polar surface area (TPSA) is 157 Å². The number of benzene rings is 2. The monoisotopic (exact) mass is 485 g/mol. The van der Waals surface area contributed by atoms with Gasteiger partial charge in [0, 0.05) is 24.7 Å². The molecular weight excluding hydrogens is 462 g/mol. The van der Waals surface area contributed by atoms with Crippen molar-refractivity contribution in [1.82, 2.24) is 15.1 Å². The first kappa shape index (κ1) is 26.1. The average Bonchev–Trinajstić information content (AvgIpc) is 3.06. The van der Waals surface area contributed by atoms with Crippen LogP contribution in [0, 0.1) is 5.41 Å². The van der Waals surface area contributed by atoms with Gasteiger partial charge in [-0.1, -0.05) is 54.6 Å². The summed E-state index contributed by atoms with van der Waals surface area (Å²) in [6.45, 7) is -0.124. The van der Waals surface area contributed by atoms with E-state index < -0.39 is 29.9 Å². The fourth-order valence-corrected chi connectivity index (χ4v) is 3.35. The molecule has 1 unspecified atom stereocenters. The number of carboxylic acids is 1. The van der Waals surface area contributed by atoms with Crippen LogP contribution in [0.25, 0.3) is 6.08 Å². The summed E-state index contributed by atoms with van der Waals surface area (Å²) in [5.41, 5.74) is 7.04. The smallest absolute Gasteiger partial charge is 0.331 e. The minimum Gasteiger partial charge on any atom is -0.479 e.